The molecule has 1 atom stereocenters. The van der Waals surface area contributed by atoms with Crippen molar-refractivity contribution in [1.29, 1.82) is 0 Å². The third-order valence-electron chi connectivity index (χ3n) is 3.87. The first-order valence-corrected chi connectivity index (χ1v) is 7.69. The lowest BCUT2D eigenvalue weighted by Crippen LogP contribution is -2.30. The van der Waals surface area contributed by atoms with E-state index in [4.69, 9.17) is 4.74 Å². The minimum atomic E-state index is -0.474. The average molecular weight is 326 g/mol. The van der Waals surface area contributed by atoms with E-state index in [0.29, 0.717) is 12.3 Å². The smallest absolute Gasteiger partial charge is 0.303 e. The molecule has 124 valence electrons. The first-order chi connectivity index (χ1) is 11.6. The van der Waals surface area contributed by atoms with E-state index >= 15 is 0 Å². The molecule has 3 rings (SSSR count). The summed E-state index contributed by atoms with van der Waals surface area (Å²) in [6.07, 6.45) is 0.912. The molecule has 2 aliphatic rings. The molecule has 0 aromatic heterocycles. The molecule has 2 aliphatic heterocycles. The number of hydrogen-bond acceptors (Lipinski definition) is 7. The molecule has 8 nitrogen and oxygen atoms in total. The fraction of sp³-hybridized carbons (Fsp3) is 0.375. The number of nitrogens with one attached hydrogen (secondary N) is 1. The van der Waals surface area contributed by atoms with Crippen molar-refractivity contribution in [2.24, 2.45) is 25.4 Å². The van der Waals surface area contributed by atoms with Crippen molar-refractivity contribution in [1.82, 2.24) is 0 Å². The third-order valence-corrected chi connectivity index (χ3v) is 3.87. The molecule has 8 heteroatoms. The van der Waals surface area contributed by atoms with Crippen LogP contribution in [0.2, 0.25) is 0 Å². The molecule has 0 radical (unpaired) electrons. The van der Waals surface area contributed by atoms with Gasteiger partial charge >= 0.3 is 5.91 Å². The number of rotatable bonds is 6. The third kappa shape index (κ3) is 3.28. The van der Waals surface area contributed by atoms with Gasteiger partial charge in [0.15, 0.2) is 0 Å². The van der Waals surface area contributed by atoms with Crippen molar-refractivity contribution in [3.63, 3.8) is 0 Å². The van der Waals surface area contributed by atoms with Crippen LogP contribution in [0.3, 0.4) is 0 Å². The number of carbonyl (C=O) groups is 1. The van der Waals surface area contributed by atoms with Crippen molar-refractivity contribution in [3.8, 4) is 0 Å². The molecule has 1 amide bonds. The Kier molecular flexibility index (Phi) is 4.57. The molecule has 1 unspecified atom stereocenters. The Morgan fingerprint density at radius 3 is 2.88 bits per heavy atom. The standard InChI is InChI=1S/C16H18N6O2/c1-4-10-7-11(6-5-9(10)2)17-13(24-3)8-12-18-15-14(16(23)19-12)20-22-21-15/h5-7,13,17H,4,8H2,1-3H3. The second kappa shape index (κ2) is 6.79. The number of aliphatic imine (C=N–C) groups is 2. The number of amides is 1. The Morgan fingerprint density at radius 2 is 2.12 bits per heavy atom. The quantitative estimate of drug-likeness (QED) is 0.813. The van der Waals surface area contributed by atoms with Gasteiger partial charge in [0.05, 0.1) is 6.42 Å². The zero-order valence-corrected chi connectivity index (χ0v) is 13.8. The van der Waals surface area contributed by atoms with Crippen molar-refractivity contribution in [2.75, 3.05) is 12.4 Å². The lowest BCUT2D eigenvalue weighted by Gasteiger charge is -2.19. The molecule has 0 saturated carbocycles. The van der Waals surface area contributed by atoms with Crippen molar-refractivity contribution in [3.05, 3.63) is 29.3 Å². The fourth-order valence-electron chi connectivity index (χ4n) is 2.51. The summed E-state index contributed by atoms with van der Waals surface area (Å²) in [6.45, 7) is 4.21. The maximum atomic E-state index is 11.9. The SMILES string of the molecule is CCc1cc(NC(CC2=NC(=O)C3=NN=NC3=N2)OC)ccc1C. The summed E-state index contributed by atoms with van der Waals surface area (Å²) in [5, 5.41) is 14.1. The van der Waals surface area contributed by atoms with Crippen LogP contribution in [0.4, 0.5) is 5.69 Å². The van der Waals surface area contributed by atoms with Gasteiger partial charge in [0.2, 0.25) is 11.5 Å². The summed E-state index contributed by atoms with van der Waals surface area (Å²) in [7, 11) is 1.59. The topological polar surface area (TPSA) is 100 Å². The molecular formula is C16H18N6O2. The number of methoxy groups -OCH3 is 1. The van der Waals surface area contributed by atoms with E-state index in [1.54, 1.807) is 7.11 Å². The maximum absolute atomic E-state index is 11.9. The number of benzene rings is 1. The summed E-state index contributed by atoms with van der Waals surface area (Å²) in [5.74, 6) is 0.0823. The molecule has 24 heavy (non-hydrogen) atoms. The van der Waals surface area contributed by atoms with Crippen LogP contribution in [-0.2, 0) is 16.0 Å². The Balaban J connectivity index is 1.73. The van der Waals surface area contributed by atoms with Gasteiger partial charge in [-0.15, -0.1) is 10.2 Å². The number of ether oxygens (including phenoxy) is 1. The summed E-state index contributed by atoms with van der Waals surface area (Å²) in [5.41, 5.74) is 3.56. The van der Waals surface area contributed by atoms with E-state index in [9.17, 15) is 4.79 Å². The van der Waals surface area contributed by atoms with Gasteiger partial charge in [-0.1, -0.05) is 13.0 Å². The second-order valence-electron chi connectivity index (χ2n) is 5.47. The molecule has 0 bridgehead atoms. The summed E-state index contributed by atoms with van der Waals surface area (Å²) >= 11 is 0. The first-order valence-electron chi connectivity index (χ1n) is 7.69. The number of amidine groups is 2. The minimum absolute atomic E-state index is 0.0896. The summed E-state index contributed by atoms with van der Waals surface area (Å²) in [4.78, 5) is 20.0. The predicted molar refractivity (Wildman–Crippen MR) is 91.8 cm³/mol. The summed E-state index contributed by atoms with van der Waals surface area (Å²) < 4.78 is 5.45. The molecule has 1 aromatic carbocycles. The normalized spacial score (nSPS) is 17.1. The lowest BCUT2D eigenvalue weighted by atomic mass is 10.1. The molecule has 0 saturated heterocycles. The van der Waals surface area contributed by atoms with Crippen LogP contribution in [0.25, 0.3) is 0 Å². The van der Waals surface area contributed by atoms with Crippen molar-refractivity contribution < 1.29 is 9.53 Å². The average Bonchev–Trinajstić information content (AvgIpc) is 3.05. The number of nitrogens with zero attached hydrogens (tertiary/aromatic N) is 5. The molecule has 2 heterocycles. The minimum Gasteiger partial charge on any atom is -0.361 e. The van der Waals surface area contributed by atoms with Gasteiger partial charge in [-0.3, -0.25) is 4.79 Å². The zero-order valence-electron chi connectivity index (χ0n) is 13.8. The highest BCUT2D eigenvalue weighted by Gasteiger charge is 2.28. The van der Waals surface area contributed by atoms with Gasteiger partial charge < -0.3 is 10.1 Å². The second-order valence-corrected chi connectivity index (χ2v) is 5.47. The van der Waals surface area contributed by atoms with Gasteiger partial charge in [0.25, 0.3) is 0 Å². The highest BCUT2D eigenvalue weighted by atomic mass is 16.5. The molecule has 0 aliphatic carbocycles. The van der Waals surface area contributed by atoms with E-state index in [2.05, 4.69) is 56.7 Å². The molecular weight excluding hydrogens is 308 g/mol. The van der Waals surface area contributed by atoms with Crippen LogP contribution in [0.1, 0.15) is 24.5 Å². The monoisotopic (exact) mass is 326 g/mol. The Morgan fingerprint density at radius 1 is 1.29 bits per heavy atom. The molecule has 1 aromatic rings. The van der Waals surface area contributed by atoms with E-state index in [1.165, 1.54) is 11.1 Å². The van der Waals surface area contributed by atoms with Crippen LogP contribution >= 0.6 is 0 Å². The maximum Gasteiger partial charge on any atom is 0.303 e. The van der Waals surface area contributed by atoms with E-state index in [-0.39, 0.29) is 17.8 Å². The number of anilines is 1. The van der Waals surface area contributed by atoms with E-state index in [1.807, 2.05) is 6.07 Å². The largest absolute Gasteiger partial charge is 0.361 e. The number of carbonyl (C=O) groups excluding carboxylic acids is 1. The summed E-state index contributed by atoms with van der Waals surface area (Å²) in [6, 6.07) is 6.16. The lowest BCUT2D eigenvalue weighted by molar-refractivity contribution is -0.111. The van der Waals surface area contributed by atoms with Crippen LogP contribution in [-0.4, -0.2) is 36.6 Å². The van der Waals surface area contributed by atoms with Crippen molar-refractivity contribution >= 4 is 29.0 Å². The Bertz CT molecular complexity index is 794. The molecule has 0 spiro atoms. The first kappa shape index (κ1) is 16.1. The van der Waals surface area contributed by atoms with Gasteiger partial charge in [0, 0.05) is 12.8 Å². The number of hydrogen-bond donors (Lipinski definition) is 1. The Hall–Kier alpha value is -2.74. The molecule has 1 N–H and O–H groups in total. The van der Waals surface area contributed by atoms with Gasteiger partial charge in [-0.05, 0) is 41.8 Å². The van der Waals surface area contributed by atoms with Crippen LogP contribution in [0.15, 0.2) is 43.6 Å². The van der Waals surface area contributed by atoms with Gasteiger partial charge in [-0.2, -0.15) is 4.99 Å². The van der Waals surface area contributed by atoms with Gasteiger partial charge in [-0.25, -0.2) is 4.99 Å². The van der Waals surface area contributed by atoms with Crippen LogP contribution in [0.5, 0.6) is 0 Å². The fourth-order valence-corrected chi connectivity index (χ4v) is 2.51. The molecule has 0 fully saturated rings. The van der Waals surface area contributed by atoms with Crippen LogP contribution in [0, 0.1) is 6.92 Å². The van der Waals surface area contributed by atoms with E-state index in [0.717, 1.165) is 12.1 Å². The Labute approximate surface area is 139 Å². The highest BCUT2D eigenvalue weighted by molar-refractivity contribution is 6.69. The number of aryl methyl sites for hydroxylation is 2. The van der Waals surface area contributed by atoms with Crippen LogP contribution < -0.4 is 5.32 Å². The van der Waals surface area contributed by atoms with Gasteiger partial charge in [0.1, 0.15) is 12.1 Å². The number of fused-ring (bicyclic) bond motifs is 1. The highest BCUT2D eigenvalue weighted by Crippen LogP contribution is 2.18. The zero-order chi connectivity index (χ0) is 17.1. The predicted octanol–water partition coefficient (Wildman–Crippen LogP) is 2.49. The van der Waals surface area contributed by atoms with E-state index < -0.39 is 5.91 Å². The van der Waals surface area contributed by atoms with Crippen molar-refractivity contribution in [2.45, 2.75) is 32.9 Å².